The fourth-order valence-corrected chi connectivity index (χ4v) is 2.82. The first-order valence-corrected chi connectivity index (χ1v) is 8.51. The second kappa shape index (κ2) is 7.78. The molecule has 0 fully saturated rings. The van der Waals surface area contributed by atoms with E-state index in [1.54, 1.807) is 0 Å². The summed E-state index contributed by atoms with van der Waals surface area (Å²) in [6.07, 6.45) is -4.56. The summed E-state index contributed by atoms with van der Waals surface area (Å²) in [5.41, 5.74) is -5.55. The lowest BCUT2D eigenvalue weighted by molar-refractivity contribution is -0.137. The number of anilines is 1. The number of benzene rings is 2. The minimum atomic E-state index is -4.56. The third-order valence-corrected chi connectivity index (χ3v) is 4.13. The van der Waals surface area contributed by atoms with Crippen LogP contribution in [0.1, 0.15) is 15.9 Å². The Morgan fingerprint density at radius 1 is 0.966 bits per heavy atom. The van der Waals surface area contributed by atoms with Crippen LogP contribution in [0.2, 0.25) is 0 Å². The summed E-state index contributed by atoms with van der Waals surface area (Å²) in [7, 11) is 0. The molecule has 0 spiro atoms. The van der Waals surface area contributed by atoms with Crippen LogP contribution in [0.3, 0.4) is 0 Å². The van der Waals surface area contributed by atoms with Crippen molar-refractivity contribution in [3.05, 3.63) is 59.7 Å². The molecule has 1 amide bonds. The third kappa shape index (κ3) is 5.50. The Hall–Kier alpha value is -3.02. The highest BCUT2D eigenvalue weighted by molar-refractivity contribution is 8.00. The average molecular weight is 433 g/mol. The number of halogens is 6. The van der Waals surface area contributed by atoms with Crippen LogP contribution in [0.15, 0.2) is 57.8 Å². The van der Waals surface area contributed by atoms with Gasteiger partial charge in [0.2, 0.25) is 5.89 Å². The smallest absolute Gasteiger partial charge is 0.403 e. The SMILES string of the molecule is O=C(Nc1nnc(-c2cccc(C(F)(F)F)c2)o1)c1cccc(SC(F)(F)F)c1. The molecule has 0 aliphatic heterocycles. The van der Waals surface area contributed by atoms with Gasteiger partial charge in [-0.15, -0.1) is 5.10 Å². The van der Waals surface area contributed by atoms with E-state index in [2.05, 4.69) is 15.5 Å². The van der Waals surface area contributed by atoms with Crippen LogP contribution in [0, 0.1) is 0 Å². The first kappa shape index (κ1) is 20.7. The molecule has 0 atom stereocenters. The van der Waals surface area contributed by atoms with Crippen molar-refractivity contribution < 1.29 is 35.6 Å². The van der Waals surface area contributed by atoms with Gasteiger partial charge in [0.1, 0.15) is 0 Å². The van der Waals surface area contributed by atoms with Crippen molar-refractivity contribution in [3.8, 4) is 11.5 Å². The predicted octanol–water partition coefficient (Wildman–Crippen LogP) is 5.62. The highest BCUT2D eigenvalue weighted by Crippen LogP contribution is 2.37. The van der Waals surface area contributed by atoms with Gasteiger partial charge in [-0.3, -0.25) is 10.1 Å². The lowest BCUT2D eigenvalue weighted by atomic mass is 10.1. The van der Waals surface area contributed by atoms with Gasteiger partial charge < -0.3 is 4.42 Å². The van der Waals surface area contributed by atoms with E-state index in [1.165, 1.54) is 24.3 Å². The molecule has 0 radical (unpaired) electrons. The molecule has 2 aromatic carbocycles. The summed E-state index contributed by atoms with van der Waals surface area (Å²) >= 11 is -0.380. The molecule has 0 unspecified atom stereocenters. The number of carbonyl (C=O) groups is 1. The number of aromatic nitrogens is 2. The molecule has 1 N–H and O–H groups in total. The second-order valence-electron chi connectivity index (χ2n) is 5.52. The number of rotatable bonds is 4. The first-order chi connectivity index (χ1) is 13.5. The lowest BCUT2D eigenvalue weighted by Gasteiger charge is -2.07. The Bertz CT molecular complexity index is 1030. The van der Waals surface area contributed by atoms with Crippen molar-refractivity contribution in [2.45, 2.75) is 16.6 Å². The first-order valence-electron chi connectivity index (χ1n) is 7.69. The van der Waals surface area contributed by atoms with Gasteiger partial charge in [0, 0.05) is 16.0 Å². The number of nitrogens with one attached hydrogen (secondary N) is 1. The molecule has 0 aliphatic carbocycles. The van der Waals surface area contributed by atoms with Crippen LogP contribution >= 0.6 is 11.8 Å². The van der Waals surface area contributed by atoms with Crippen molar-refractivity contribution >= 4 is 23.7 Å². The average Bonchev–Trinajstić information content (AvgIpc) is 3.08. The number of carbonyl (C=O) groups excluding carboxylic acids is 1. The lowest BCUT2D eigenvalue weighted by Crippen LogP contribution is -2.12. The maximum absolute atomic E-state index is 12.8. The maximum atomic E-state index is 12.8. The molecule has 0 aliphatic rings. The molecule has 0 saturated carbocycles. The minimum Gasteiger partial charge on any atom is -0.403 e. The molecule has 0 bridgehead atoms. The predicted molar refractivity (Wildman–Crippen MR) is 91.0 cm³/mol. The Kier molecular flexibility index (Phi) is 5.55. The number of nitrogens with zero attached hydrogens (tertiary/aromatic N) is 2. The normalized spacial score (nSPS) is 12.1. The van der Waals surface area contributed by atoms with E-state index in [4.69, 9.17) is 4.42 Å². The minimum absolute atomic E-state index is 0.0172. The van der Waals surface area contributed by atoms with Crippen LogP contribution in [0.25, 0.3) is 11.5 Å². The summed E-state index contributed by atoms with van der Waals surface area (Å²) in [6, 6.07) is 8.48. The number of hydrogen-bond acceptors (Lipinski definition) is 5. The Morgan fingerprint density at radius 3 is 2.38 bits per heavy atom. The molecule has 1 aromatic heterocycles. The van der Waals surface area contributed by atoms with Crippen molar-refractivity contribution in [2.24, 2.45) is 0 Å². The quantitative estimate of drug-likeness (QED) is 0.427. The monoisotopic (exact) mass is 433 g/mol. The number of thioether (sulfide) groups is 1. The van der Waals surface area contributed by atoms with E-state index >= 15 is 0 Å². The van der Waals surface area contributed by atoms with Crippen LogP contribution in [0.4, 0.5) is 32.4 Å². The van der Waals surface area contributed by atoms with Crippen molar-refractivity contribution in [1.29, 1.82) is 0 Å². The Labute approximate surface area is 163 Å². The Balaban J connectivity index is 1.75. The molecule has 1 heterocycles. The van der Waals surface area contributed by atoms with Gasteiger partial charge in [-0.2, -0.15) is 26.3 Å². The second-order valence-corrected chi connectivity index (χ2v) is 6.66. The number of alkyl halides is 6. The fourth-order valence-electron chi connectivity index (χ4n) is 2.22. The van der Waals surface area contributed by atoms with Gasteiger partial charge in [0.25, 0.3) is 5.91 Å². The molecule has 0 saturated heterocycles. The summed E-state index contributed by atoms with van der Waals surface area (Å²) < 4.78 is 80.8. The molecule has 3 rings (SSSR count). The van der Waals surface area contributed by atoms with Crippen LogP contribution in [0.5, 0.6) is 0 Å². The summed E-state index contributed by atoms with van der Waals surface area (Å²) in [4.78, 5) is 12.0. The van der Waals surface area contributed by atoms with Gasteiger partial charge in [-0.1, -0.05) is 17.2 Å². The van der Waals surface area contributed by atoms with E-state index < -0.39 is 29.2 Å². The molecular weight excluding hydrogens is 424 g/mol. The van der Waals surface area contributed by atoms with E-state index in [0.29, 0.717) is 0 Å². The van der Waals surface area contributed by atoms with Crippen LogP contribution in [-0.2, 0) is 6.18 Å². The van der Waals surface area contributed by atoms with E-state index in [-0.39, 0.29) is 33.7 Å². The fraction of sp³-hybridized carbons (Fsp3) is 0.118. The number of amides is 1. The standard InChI is InChI=1S/C17H9F6N3O2S/c18-16(19,20)11-5-1-4-10(7-11)14-25-26-15(28-14)24-13(27)9-3-2-6-12(8-9)29-17(21,22)23/h1-8H,(H,24,26,27). The number of hydrogen-bond donors (Lipinski definition) is 1. The van der Waals surface area contributed by atoms with E-state index in [0.717, 1.165) is 24.3 Å². The maximum Gasteiger partial charge on any atom is 0.446 e. The van der Waals surface area contributed by atoms with Crippen LogP contribution < -0.4 is 5.32 Å². The van der Waals surface area contributed by atoms with Gasteiger partial charge in [0.15, 0.2) is 0 Å². The summed E-state index contributed by atoms with van der Waals surface area (Å²) in [6.45, 7) is 0. The van der Waals surface area contributed by atoms with Crippen LogP contribution in [-0.4, -0.2) is 21.6 Å². The zero-order valence-corrected chi connectivity index (χ0v) is 14.8. The molecular formula is C17H9F6N3O2S. The molecule has 5 nitrogen and oxygen atoms in total. The van der Waals surface area contributed by atoms with Gasteiger partial charge in [0.05, 0.1) is 5.56 Å². The molecule has 152 valence electrons. The van der Waals surface area contributed by atoms with Crippen molar-refractivity contribution in [3.63, 3.8) is 0 Å². The molecule has 29 heavy (non-hydrogen) atoms. The highest BCUT2D eigenvalue weighted by Gasteiger charge is 2.31. The van der Waals surface area contributed by atoms with Gasteiger partial charge >= 0.3 is 17.7 Å². The Morgan fingerprint density at radius 2 is 1.69 bits per heavy atom. The van der Waals surface area contributed by atoms with Gasteiger partial charge in [-0.25, -0.2) is 0 Å². The largest absolute Gasteiger partial charge is 0.446 e. The molecule has 3 aromatic rings. The summed E-state index contributed by atoms with van der Waals surface area (Å²) in [5, 5.41) is 9.28. The summed E-state index contributed by atoms with van der Waals surface area (Å²) in [5.74, 6) is -1.10. The zero-order valence-electron chi connectivity index (χ0n) is 14.0. The topological polar surface area (TPSA) is 68.0 Å². The zero-order chi connectivity index (χ0) is 21.2. The third-order valence-electron chi connectivity index (χ3n) is 3.41. The van der Waals surface area contributed by atoms with Gasteiger partial charge in [-0.05, 0) is 48.2 Å². The molecule has 12 heteroatoms. The highest BCUT2D eigenvalue weighted by atomic mass is 32.2. The van der Waals surface area contributed by atoms with Crippen molar-refractivity contribution in [2.75, 3.05) is 5.32 Å². The van der Waals surface area contributed by atoms with Crippen molar-refractivity contribution in [1.82, 2.24) is 10.2 Å². The van der Waals surface area contributed by atoms with E-state index in [1.807, 2.05) is 0 Å². The van der Waals surface area contributed by atoms with E-state index in [9.17, 15) is 31.1 Å².